The van der Waals surface area contributed by atoms with Gasteiger partial charge in [0.25, 0.3) is 0 Å². The van der Waals surface area contributed by atoms with Crippen molar-refractivity contribution < 1.29 is 9.47 Å². The molecule has 1 aromatic carbocycles. The molecule has 0 aliphatic carbocycles. The van der Waals surface area contributed by atoms with Crippen molar-refractivity contribution in [3.8, 4) is 5.75 Å². The van der Waals surface area contributed by atoms with E-state index < -0.39 is 0 Å². The van der Waals surface area contributed by atoms with Crippen LogP contribution >= 0.6 is 0 Å². The van der Waals surface area contributed by atoms with Crippen molar-refractivity contribution in [1.29, 1.82) is 0 Å². The first-order valence-electron chi connectivity index (χ1n) is 6.30. The molecule has 2 rings (SSSR count). The zero-order valence-electron chi connectivity index (χ0n) is 10.4. The lowest BCUT2D eigenvalue weighted by atomic mass is 10.1. The molecule has 3 nitrogen and oxygen atoms in total. The molecule has 0 radical (unpaired) electrons. The lowest BCUT2D eigenvalue weighted by Gasteiger charge is -2.09. The van der Waals surface area contributed by atoms with Crippen LogP contribution in [0.4, 0.5) is 0 Å². The normalized spacial score (nSPS) is 19.5. The summed E-state index contributed by atoms with van der Waals surface area (Å²) < 4.78 is 10.8. The Balaban J connectivity index is 1.63. The quantitative estimate of drug-likeness (QED) is 0.763. The molecule has 1 N–H and O–H groups in total. The van der Waals surface area contributed by atoms with Gasteiger partial charge in [-0.1, -0.05) is 12.1 Å². The SMILES string of the molecule is COc1ccc(CCOCC2CCNC2)cc1. The van der Waals surface area contributed by atoms with Crippen LogP contribution in [0.3, 0.4) is 0 Å². The standard InChI is InChI=1S/C14H21NO2/c1-16-14-4-2-12(3-5-14)7-9-17-11-13-6-8-15-10-13/h2-5,13,15H,6-11H2,1H3. The first-order chi connectivity index (χ1) is 8.38. The molecular formula is C14H21NO2. The summed E-state index contributed by atoms with van der Waals surface area (Å²) in [5.41, 5.74) is 1.30. The smallest absolute Gasteiger partial charge is 0.118 e. The van der Waals surface area contributed by atoms with E-state index in [1.54, 1.807) is 7.11 Å². The van der Waals surface area contributed by atoms with Crippen LogP contribution in [0.2, 0.25) is 0 Å². The summed E-state index contributed by atoms with van der Waals surface area (Å²) in [5, 5.41) is 3.35. The number of methoxy groups -OCH3 is 1. The van der Waals surface area contributed by atoms with Crippen LogP contribution < -0.4 is 10.1 Å². The van der Waals surface area contributed by atoms with Crippen LogP contribution in [0.5, 0.6) is 5.75 Å². The summed E-state index contributed by atoms with van der Waals surface area (Å²) in [4.78, 5) is 0. The van der Waals surface area contributed by atoms with Gasteiger partial charge in [0.2, 0.25) is 0 Å². The Morgan fingerprint density at radius 2 is 2.12 bits per heavy atom. The fourth-order valence-electron chi connectivity index (χ4n) is 2.09. The number of nitrogens with one attached hydrogen (secondary N) is 1. The largest absolute Gasteiger partial charge is 0.497 e. The minimum Gasteiger partial charge on any atom is -0.497 e. The maximum absolute atomic E-state index is 5.71. The van der Waals surface area contributed by atoms with Crippen molar-refractivity contribution in [2.24, 2.45) is 5.92 Å². The van der Waals surface area contributed by atoms with Crippen molar-refractivity contribution >= 4 is 0 Å². The van der Waals surface area contributed by atoms with Gasteiger partial charge in [-0.2, -0.15) is 0 Å². The highest BCUT2D eigenvalue weighted by Gasteiger charge is 2.13. The fourth-order valence-corrected chi connectivity index (χ4v) is 2.09. The van der Waals surface area contributed by atoms with Gasteiger partial charge < -0.3 is 14.8 Å². The molecule has 1 heterocycles. The van der Waals surface area contributed by atoms with E-state index in [1.165, 1.54) is 12.0 Å². The molecule has 0 spiro atoms. The summed E-state index contributed by atoms with van der Waals surface area (Å²) in [6.07, 6.45) is 2.23. The number of rotatable bonds is 6. The molecule has 0 aromatic heterocycles. The van der Waals surface area contributed by atoms with Gasteiger partial charge in [0, 0.05) is 6.54 Å². The predicted octanol–water partition coefficient (Wildman–Crippen LogP) is 1.86. The maximum atomic E-state index is 5.71. The van der Waals surface area contributed by atoms with E-state index in [9.17, 15) is 0 Å². The van der Waals surface area contributed by atoms with Gasteiger partial charge in [0.15, 0.2) is 0 Å². The zero-order valence-corrected chi connectivity index (χ0v) is 10.4. The maximum Gasteiger partial charge on any atom is 0.118 e. The van der Waals surface area contributed by atoms with Crippen LogP contribution in [-0.4, -0.2) is 33.4 Å². The topological polar surface area (TPSA) is 30.5 Å². The van der Waals surface area contributed by atoms with Crippen molar-refractivity contribution in [2.45, 2.75) is 12.8 Å². The lowest BCUT2D eigenvalue weighted by molar-refractivity contribution is 0.108. The first-order valence-corrected chi connectivity index (χ1v) is 6.30. The molecule has 94 valence electrons. The lowest BCUT2D eigenvalue weighted by Crippen LogP contribution is -2.14. The Hall–Kier alpha value is -1.06. The van der Waals surface area contributed by atoms with Crippen molar-refractivity contribution in [3.05, 3.63) is 29.8 Å². The minimum atomic E-state index is 0.714. The van der Waals surface area contributed by atoms with Gasteiger partial charge in [-0.15, -0.1) is 0 Å². The van der Waals surface area contributed by atoms with E-state index in [2.05, 4.69) is 17.4 Å². The highest BCUT2D eigenvalue weighted by atomic mass is 16.5. The van der Waals surface area contributed by atoms with Crippen LogP contribution in [-0.2, 0) is 11.2 Å². The molecule has 0 saturated carbocycles. The summed E-state index contributed by atoms with van der Waals surface area (Å²) in [5.74, 6) is 1.62. The second-order valence-corrected chi connectivity index (χ2v) is 4.53. The molecule has 3 heteroatoms. The second-order valence-electron chi connectivity index (χ2n) is 4.53. The van der Waals surface area contributed by atoms with Crippen molar-refractivity contribution in [2.75, 3.05) is 33.4 Å². The predicted molar refractivity (Wildman–Crippen MR) is 68.5 cm³/mol. The number of ether oxygens (including phenoxy) is 2. The molecule has 1 saturated heterocycles. The fraction of sp³-hybridized carbons (Fsp3) is 0.571. The van der Waals surface area contributed by atoms with E-state index >= 15 is 0 Å². The Morgan fingerprint density at radius 1 is 1.29 bits per heavy atom. The van der Waals surface area contributed by atoms with Crippen LogP contribution in [0.25, 0.3) is 0 Å². The second kappa shape index (κ2) is 6.62. The van der Waals surface area contributed by atoms with E-state index in [1.807, 2.05) is 12.1 Å². The Kier molecular flexibility index (Phi) is 4.83. The third kappa shape index (κ3) is 4.02. The molecule has 1 unspecified atom stereocenters. The van der Waals surface area contributed by atoms with Gasteiger partial charge in [0.05, 0.1) is 20.3 Å². The average molecular weight is 235 g/mol. The molecule has 17 heavy (non-hydrogen) atoms. The van der Waals surface area contributed by atoms with E-state index in [0.717, 1.165) is 38.5 Å². The number of hydrogen-bond acceptors (Lipinski definition) is 3. The summed E-state index contributed by atoms with van der Waals surface area (Å²) in [6, 6.07) is 8.19. The van der Waals surface area contributed by atoms with Crippen LogP contribution in [0.15, 0.2) is 24.3 Å². The van der Waals surface area contributed by atoms with Gasteiger partial charge in [-0.25, -0.2) is 0 Å². The summed E-state index contributed by atoms with van der Waals surface area (Å²) >= 11 is 0. The zero-order chi connectivity index (χ0) is 11.9. The third-order valence-corrected chi connectivity index (χ3v) is 3.21. The highest BCUT2D eigenvalue weighted by molar-refractivity contribution is 5.27. The van der Waals surface area contributed by atoms with Crippen LogP contribution in [0, 0.1) is 5.92 Å². The van der Waals surface area contributed by atoms with E-state index in [-0.39, 0.29) is 0 Å². The van der Waals surface area contributed by atoms with E-state index in [4.69, 9.17) is 9.47 Å². The molecule has 1 aromatic rings. The first kappa shape index (κ1) is 12.4. The Morgan fingerprint density at radius 3 is 2.76 bits per heavy atom. The monoisotopic (exact) mass is 235 g/mol. The molecule has 1 atom stereocenters. The Bertz CT molecular complexity index is 317. The molecule has 1 aliphatic rings. The molecule has 1 aliphatic heterocycles. The van der Waals surface area contributed by atoms with Crippen LogP contribution in [0.1, 0.15) is 12.0 Å². The van der Waals surface area contributed by atoms with E-state index in [0.29, 0.717) is 5.92 Å². The minimum absolute atomic E-state index is 0.714. The molecular weight excluding hydrogens is 214 g/mol. The molecule has 1 fully saturated rings. The third-order valence-electron chi connectivity index (χ3n) is 3.21. The summed E-state index contributed by atoms with van der Waals surface area (Å²) in [7, 11) is 1.69. The number of benzene rings is 1. The van der Waals surface area contributed by atoms with Gasteiger partial charge in [0.1, 0.15) is 5.75 Å². The van der Waals surface area contributed by atoms with Gasteiger partial charge >= 0.3 is 0 Å². The highest BCUT2D eigenvalue weighted by Crippen LogP contribution is 2.12. The molecule has 0 amide bonds. The number of hydrogen-bond donors (Lipinski definition) is 1. The van der Waals surface area contributed by atoms with Gasteiger partial charge in [-0.05, 0) is 43.0 Å². The average Bonchev–Trinajstić information content (AvgIpc) is 2.88. The Labute approximate surface area is 103 Å². The molecule has 0 bridgehead atoms. The van der Waals surface area contributed by atoms with Crippen molar-refractivity contribution in [3.63, 3.8) is 0 Å². The van der Waals surface area contributed by atoms with Crippen molar-refractivity contribution in [1.82, 2.24) is 5.32 Å². The summed E-state index contributed by atoms with van der Waals surface area (Å²) in [6.45, 7) is 3.96. The van der Waals surface area contributed by atoms with Gasteiger partial charge in [-0.3, -0.25) is 0 Å².